The van der Waals surface area contributed by atoms with Crippen molar-refractivity contribution in [2.45, 2.75) is 46.3 Å². The van der Waals surface area contributed by atoms with Gasteiger partial charge >= 0.3 is 0 Å². The fraction of sp³-hybridized carbons (Fsp3) is 0.647. The number of ether oxygens (including phenoxy) is 2. The number of allylic oxidation sites excluding steroid dienone is 4. The van der Waals surface area contributed by atoms with E-state index in [0.717, 1.165) is 18.4 Å². The predicted molar refractivity (Wildman–Crippen MR) is 80.3 cm³/mol. The van der Waals surface area contributed by atoms with Crippen molar-refractivity contribution in [1.29, 1.82) is 0 Å². The summed E-state index contributed by atoms with van der Waals surface area (Å²) in [5, 5.41) is 8.93. The van der Waals surface area contributed by atoms with Crippen LogP contribution in [0.1, 0.15) is 40.5 Å². The van der Waals surface area contributed by atoms with Gasteiger partial charge < -0.3 is 14.6 Å². The summed E-state index contributed by atoms with van der Waals surface area (Å²) in [5.41, 5.74) is 3.67. The zero-order valence-electron chi connectivity index (χ0n) is 13.0. The molecule has 3 nitrogen and oxygen atoms in total. The standard InChI is InChI=1S/C17H26O3/c1-13(7-10-18)5-6-15-14(2)17(19-11-12-20-17)9-8-16(15,3)4/h5-7,18H,8-12H2,1-4H3/b6-5+,13-7+. The highest BCUT2D eigenvalue weighted by atomic mass is 16.7. The average molecular weight is 278 g/mol. The third kappa shape index (κ3) is 2.90. The fourth-order valence-corrected chi connectivity index (χ4v) is 3.10. The highest BCUT2D eigenvalue weighted by Crippen LogP contribution is 2.48. The first kappa shape index (κ1) is 15.5. The molecule has 1 saturated heterocycles. The third-order valence-electron chi connectivity index (χ3n) is 4.46. The summed E-state index contributed by atoms with van der Waals surface area (Å²) >= 11 is 0. The summed E-state index contributed by atoms with van der Waals surface area (Å²) in [7, 11) is 0. The number of hydrogen-bond donors (Lipinski definition) is 1. The molecule has 112 valence electrons. The Morgan fingerprint density at radius 3 is 2.50 bits per heavy atom. The number of rotatable bonds is 3. The largest absolute Gasteiger partial charge is 0.392 e. The van der Waals surface area contributed by atoms with Crippen LogP contribution >= 0.6 is 0 Å². The van der Waals surface area contributed by atoms with E-state index >= 15 is 0 Å². The molecular weight excluding hydrogens is 252 g/mol. The van der Waals surface area contributed by atoms with Crippen LogP contribution in [0.5, 0.6) is 0 Å². The van der Waals surface area contributed by atoms with Gasteiger partial charge in [0.25, 0.3) is 0 Å². The molecule has 1 fully saturated rings. The van der Waals surface area contributed by atoms with Crippen molar-refractivity contribution in [1.82, 2.24) is 0 Å². The molecule has 3 heteroatoms. The zero-order valence-corrected chi connectivity index (χ0v) is 13.0. The second-order valence-electron chi connectivity index (χ2n) is 6.34. The lowest BCUT2D eigenvalue weighted by atomic mass is 9.70. The topological polar surface area (TPSA) is 38.7 Å². The molecule has 1 N–H and O–H groups in total. The van der Waals surface area contributed by atoms with Gasteiger partial charge in [0, 0.05) is 6.42 Å². The lowest BCUT2D eigenvalue weighted by molar-refractivity contribution is -0.141. The predicted octanol–water partition coefficient (Wildman–Crippen LogP) is 3.36. The van der Waals surface area contributed by atoms with E-state index in [2.05, 4.69) is 32.9 Å². The molecular formula is C17H26O3. The molecule has 20 heavy (non-hydrogen) atoms. The summed E-state index contributed by atoms with van der Waals surface area (Å²) in [6, 6.07) is 0. The number of aliphatic hydroxyl groups is 1. The van der Waals surface area contributed by atoms with Crippen LogP contribution < -0.4 is 0 Å². The van der Waals surface area contributed by atoms with Crippen LogP contribution in [-0.4, -0.2) is 30.7 Å². The van der Waals surface area contributed by atoms with E-state index in [9.17, 15) is 0 Å². The monoisotopic (exact) mass is 278 g/mol. The third-order valence-corrected chi connectivity index (χ3v) is 4.46. The SMILES string of the molecule is CC1=C(/C=C/C(C)=C/CO)C(C)(C)CCC12OCCO2. The lowest BCUT2D eigenvalue weighted by Crippen LogP contribution is -2.39. The fourth-order valence-electron chi connectivity index (χ4n) is 3.10. The minimum Gasteiger partial charge on any atom is -0.392 e. The van der Waals surface area contributed by atoms with Crippen LogP contribution in [0.3, 0.4) is 0 Å². The highest BCUT2D eigenvalue weighted by Gasteiger charge is 2.46. The average Bonchev–Trinajstić information content (AvgIpc) is 2.85. The van der Waals surface area contributed by atoms with Crippen LogP contribution in [0.4, 0.5) is 0 Å². The quantitative estimate of drug-likeness (QED) is 0.805. The van der Waals surface area contributed by atoms with Crippen molar-refractivity contribution in [3.8, 4) is 0 Å². The molecule has 0 aromatic heterocycles. The second-order valence-corrected chi connectivity index (χ2v) is 6.34. The number of hydrogen-bond acceptors (Lipinski definition) is 3. The Bertz CT molecular complexity index is 449. The minimum atomic E-state index is -0.496. The molecule has 0 saturated carbocycles. The van der Waals surface area contributed by atoms with Gasteiger partial charge in [-0.1, -0.05) is 37.6 Å². The second kappa shape index (κ2) is 5.84. The van der Waals surface area contributed by atoms with Crippen molar-refractivity contribution in [3.05, 3.63) is 34.9 Å². The molecule has 0 aromatic rings. The molecule has 0 amide bonds. The van der Waals surface area contributed by atoms with Gasteiger partial charge in [-0.25, -0.2) is 0 Å². The van der Waals surface area contributed by atoms with E-state index in [1.54, 1.807) is 6.08 Å². The van der Waals surface area contributed by atoms with Gasteiger partial charge in [-0.15, -0.1) is 0 Å². The van der Waals surface area contributed by atoms with Crippen molar-refractivity contribution in [2.24, 2.45) is 5.41 Å². The molecule has 1 aliphatic heterocycles. The molecule has 2 aliphatic rings. The van der Waals surface area contributed by atoms with Gasteiger partial charge in [0.2, 0.25) is 0 Å². The Labute approximate surface area is 122 Å². The smallest absolute Gasteiger partial charge is 0.191 e. The zero-order chi connectivity index (χ0) is 14.8. The molecule has 0 radical (unpaired) electrons. The van der Waals surface area contributed by atoms with Crippen molar-refractivity contribution in [2.75, 3.05) is 19.8 Å². The van der Waals surface area contributed by atoms with Gasteiger partial charge in [-0.2, -0.15) is 0 Å². The van der Waals surface area contributed by atoms with Crippen LogP contribution in [0.2, 0.25) is 0 Å². The van der Waals surface area contributed by atoms with Gasteiger partial charge in [0.1, 0.15) is 0 Å². The maximum absolute atomic E-state index is 8.93. The van der Waals surface area contributed by atoms with Gasteiger partial charge in [-0.3, -0.25) is 0 Å². The Hall–Kier alpha value is -0.900. The maximum atomic E-state index is 8.93. The van der Waals surface area contributed by atoms with E-state index in [4.69, 9.17) is 14.6 Å². The molecule has 0 atom stereocenters. The van der Waals surface area contributed by atoms with E-state index in [1.165, 1.54) is 11.1 Å². The van der Waals surface area contributed by atoms with Crippen molar-refractivity contribution >= 4 is 0 Å². The van der Waals surface area contributed by atoms with Crippen LogP contribution in [0.25, 0.3) is 0 Å². The van der Waals surface area contributed by atoms with E-state index in [0.29, 0.717) is 13.2 Å². The van der Waals surface area contributed by atoms with E-state index in [1.807, 2.05) is 6.92 Å². The molecule has 2 rings (SSSR count). The summed E-state index contributed by atoms with van der Waals surface area (Å²) in [5.74, 6) is -0.496. The summed E-state index contributed by atoms with van der Waals surface area (Å²) in [4.78, 5) is 0. The summed E-state index contributed by atoms with van der Waals surface area (Å²) in [6.45, 7) is 10.1. The van der Waals surface area contributed by atoms with Gasteiger partial charge in [0.15, 0.2) is 5.79 Å². The lowest BCUT2D eigenvalue weighted by Gasteiger charge is -2.42. The number of aliphatic hydroxyl groups excluding tert-OH is 1. The normalized spacial score (nSPS) is 25.9. The van der Waals surface area contributed by atoms with Crippen LogP contribution in [0.15, 0.2) is 34.9 Å². The van der Waals surface area contributed by atoms with E-state index in [-0.39, 0.29) is 12.0 Å². The first-order valence-corrected chi connectivity index (χ1v) is 7.37. The Balaban J connectivity index is 2.36. The molecule has 1 aliphatic carbocycles. The Kier molecular flexibility index (Phi) is 4.52. The van der Waals surface area contributed by atoms with E-state index < -0.39 is 5.79 Å². The Morgan fingerprint density at radius 1 is 1.25 bits per heavy atom. The summed E-state index contributed by atoms with van der Waals surface area (Å²) in [6.07, 6.45) is 8.00. The molecule has 1 spiro atoms. The van der Waals surface area contributed by atoms with Crippen LogP contribution in [-0.2, 0) is 9.47 Å². The molecule has 0 bridgehead atoms. The maximum Gasteiger partial charge on any atom is 0.191 e. The van der Waals surface area contributed by atoms with Gasteiger partial charge in [-0.05, 0) is 36.8 Å². The van der Waals surface area contributed by atoms with Gasteiger partial charge in [0.05, 0.1) is 19.8 Å². The van der Waals surface area contributed by atoms with Crippen LogP contribution in [0, 0.1) is 5.41 Å². The molecule has 0 unspecified atom stereocenters. The van der Waals surface area contributed by atoms with Crippen molar-refractivity contribution in [3.63, 3.8) is 0 Å². The Morgan fingerprint density at radius 2 is 1.90 bits per heavy atom. The van der Waals surface area contributed by atoms with Crippen molar-refractivity contribution < 1.29 is 14.6 Å². The first-order valence-electron chi connectivity index (χ1n) is 7.37. The molecule has 1 heterocycles. The molecule has 0 aromatic carbocycles. The summed E-state index contributed by atoms with van der Waals surface area (Å²) < 4.78 is 11.8. The highest BCUT2D eigenvalue weighted by molar-refractivity contribution is 5.39. The first-order chi connectivity index (χ1) is 9.41. The minimum absolute atomic E-state index is 0.0771.